The van der Waals surface area contributed by atoms with Gasteiger partial charge in [0.25, 0.3) is 0 Å². The van der Waals surface area contributed by atoms with E-state index in [-0.39, 0.29) is 18.4 Å². The lowest BCUT2D eigenvalue weighted by Crippen LogP contribution is -2.36. The molecule has 1 aliphatic heterocycles. The van der Waals surface area contributed by atoms with Crippen LogP contribution in [0.4, 0.5) is 13.2 Å². The topological polar surface area (TPSA) is 72.7 Å². The number of nitrogens with one attached hydrogen (secondary N) is 1. The molecule has 156 valence electrons. The Balaban J connectivity index is 1.39. The van der Waals surface area contributed by atoms with Gasteiger partial charge in [0, 0.05) is 37.0 Å². The van der Waals surface area contributed by atoms with Crippen molar-refractivity contribution in [2.75, 3.05) is 0 Å². The van der Waals surface area contributed by atoms with E-state index >= 15 is 0 Å². The largest absolute Gasteiger partial charge is 0.416 e. The molecule has 0 bridgehead atoms. The minimum atomic E-state index is -4.42. The second-order valence-electron chi connectivity index (χ2n) is 7.30. The molecule has 0 saturated carbocycles. The zero-order chi connectivity index (χ0) is 21.1. The molecule has 1 aromatic carbocycles. The van der Waals surface area contributed by atoms with Gasteiger partial charge < -0.3 is 9.88 Å². The summed E-state index contributed by atoms with van der Waals surface area (Å²) in [7, 11) is 0. The van der Waals surface area contributed by atoms with Crippen LogP contribution in [-0.4, -0.2) is 31.7 Å². The van der Waals surface area contributed by atoms with E-state index in [1.165, 1.54) is 12.1 Å². The highest BCUT2D eigenvalue weighted by Crippen LogP contribution is 2.29. The van der Waals surface area contributed by atoms with Crippen molar-refractivity contribution in [1.82, 2.24) is 25.1 Å². The molecule has 2 aromatic heterocycles. The molecule has 0 radical (unpaired) electrons. The Morgan fingerprint density at radius 1 is 1.17 bits per heavy atom. The number of pyridine rings is 1. The normalized spacial score (nSPS) is 16.6. The molecule has 1 unspecified atom stereocenters. The predicted molar refractivity (Wildman–Crippen MR) is 103 cm³/mol. The number of benzene rings is 1. The smallest absolute Gasteiger partial charge is 0.353 e. The van der Waals surface area contributed by atoms with Gasteiger partial charge in [0.05, 0.1) is 12.0 Å². The van der Waals surface area contributed by atoms with Crippen molar-refractivity contribution in [2.24, 2.45) is 0 Å². The van der Waals surface area contributed by atoms with Crippen molar-refractivity contribution in [3.63, 3.8) is 0 Å². The van der Waals surface area contributed by atoms with Gasteiger partial charge in [0.15, 0.2) is 5.82 Å². The third-order valence-corrected chi connectivity index (χ3v) is 5.15. The summed E-state index contributed by atoms with van der Waals surface area (Å²) >= 11 is 0. The highest BCUT2D eigenvalue weighted by molar-refractivity contribution is 5.78. The number of fused-ring (bicyclic) bond motifs is 1. The van der Waals surface area contributed by atoms with Crippen LogP contribution in [0.2, 0.25) is 0 Å². The van der Waals surface area contributed by atoms with Gasteiger partial charge in [0.2, 0.25) is 5.91 Å². The molecular formula is C21H20F3N5O. The highest BCUT2D eigenvalue weighted by atomic mass is 19.4. The number of hydrogen-bond donors (Lipinski definition) is 1. The molecule has 3 aromatic rings. The van der Waals surface area contributed by atoms with Crippen molar-refractivity contribution in [2.45, 2.75) is 44.4 Å². The predicted octanol–water partition coefficient (Wildman–Crippen LogP) is 3.42. The summed E-state index contributed by atoms with van der Waals surface area (Å²) in [6.07, 6.45) is 0.950. The Labute approximate surface area is 171 Å². The number of halogens is 3. The lowest BCUT2D eigenvalue weighted by Gasteiger charge is -2.16. The molecular weight excluding hydrogens is 395 g/mol. The van der Waals surface area contributed by atoms with Crippen molar-refractivity contribution < 1.29 is 18.0 Å². The van der Waals surface area contributed by atoms with Gasteiger partial charge in [-0.1, -0.05) is 18.2 Å². The number of amides is 1. The lowest BCUT2D eigenvalue weighted by molar-refractivity contribution is -0.137. The molecule has 1 aliphatic rings. The van der Waals surface area contributed by atoms with Gasteiger partial charge in [-0.15, -0.1) is 10.2 Å². The van der Waals surface area contributed by atoms with Crippen LogP contribution in [0.3, 0.4) is 0 Å². The van der Waals surface area contributed by atoms with Crippen molar-refractivity contribution in [1.29, 1.82) is 0 Å². The summed E-state index contributed by atoms with van der Waals surface area (Å²) in [6, 6.07) is 8.56. The van der Waals surface area contributed by atoms with E-state index in [4.69, 9.17) is 0 Å². The van der Waals surface area contributed by atoms with Crippen LogP contribution in [0.25, 0.3) is 11.4 Å². The van der Waals surface area contributed by atoms with Gasteiger partial charge >= 0.3 is 6.18 Å². The third-order valence-electron chi connectivity index (χ3n) is 5.15. The van der Waals surface area contributed by atoms with Crippen LogP contribution >= 0.6 is 0 Å². The van der Waals surface area contributed by atoms with Crippen molar-refractivity contribution >= 4 is 5.91 Å². The van der Waals surface area contributed by atoms with Crippen LogP contribution in [-0.2, 0) is 30.4 Å². The van der Waals surface area contributed by atoms with E-state index in [0.29, 0.717) is 31.4 Å². The van der Waals surface area contributed by atoms with Gasteiger partial charge in [0.1, 0.15) is 5.82 Å². The maximum atomic E-state index is 12.9. The Kier molecular flexibility index (Phi) is 5.52. The number of aromatic nitrogens is 4. The summed E-state index contributed by atoms with van der Waals surface area (Å²) in [5.41, 5.74) is 0.471. The average Bonchev–Trinajstić information content (AvgIpc) is 3.03. The summed E-state index contributed by atoms with van der Waals surface area (Å²) in [4.78, 5) is 16.5. The Hall–Kier alpha value is -3.23. The first-order valence-electron chi connectivity index (χ1n) is 9.68. The molecule has 9 heteroatoms. The number of hydrogen-bond acceptors (Lipinski definition) is 4. The number of alkyl halides is 3. The van der Waals surface area contributed by atoms with Crippen LogP contribution in [0, 0.1) is 0 Å². The zero-order valence-electron chi connectivity index (χ0n) is 16.1. The second-order valence-corrected chi connectivity index (χ2v) is 7.30. The lowest BCUT2D eigenvalue weighted by atomic mass is 10.1. The SMILES string of the molecule is O=C(Cc1cccc(C(F)(F)F)c1)NC1CCc2nnc(-c3cccnc3)n2CC1. The molecule has 30 heavy (non-hydrogen) atoms. The second kappa shape index (κ2) is 8.25. The fourth-order valence-electron chi connectivity index (χ4n) is 3.66. The first-order valence-corrected chi connectivity index (χ1v) is 9.68. The summed E-state index contributed by atoms with van der Waals surface area (Å²) in [5, 5.41) is 11.5. The molecule has 1 amide bonds. The number of carbonyl (C=O) groups excluding carboxylic acids is 1. The Morgan fingerprint density at radius 2 is 2.03 bits per heavy atom. The molecule has 6 nitrogen and oxygen atoms in total. The van der Waals surface area contributed by atoms with Crippen LogP contribution in [0.5, 0.6) is 0 Å². The first kappa shape index (κ1) is 20.1. The average molecular weight is 415 g/mol. The van der Waals surface area contributed by atoms with E-state index in [9.17, 15) is 18.0 Å². The molecule has 3 heterocycles. The molecule has 0 saturated heterocycles. The van der Waals surface area contributed by atoms with E-state index in [2.05, 4.69) is 20.5 Å². The minimum Gasteiger partial charge on any atom is -0.353 e. The summed E-state index contributed by atoms with van der Waals surface area (Å²) in [6.45, 7) is 0.640. The zero-order valence-corrected chi connectivity index (χ0v) is 16.1. The maximum Gasteiger partial charge on any atom is 0.416 e. The number of nitrogens with zero attached hydrogens (tertiary/aromatic N) is 4. The molecule has 0 aliphatic carbocycles. The Bertz CT molecular complexity index is 1030. The molecule has 0 spiro atoms. The van der Waals surface area contributed by atoms with Gasteiger partial charge in [-0.25, -0.2) is 0 Å². The van der Waals surface area contributed by atoms with E-state index in [1.807, 2.05) is 16.7 Å². The number of rotatable bonds is 4. The first-order chi connectivity index (χ1) is 14.4. The van der Waals surface area contributed by atoms with Crippen molar-refractivity contribution in [3.05, 3.63) is 65.7 Å². The monoisotopic (exact) mass is 415 g/mol. The number of aryl methyl sites for hydroxylation is 1. The van der Waals surface area contributed by atoms with E-state index in [1.54, 1.807) is 12.4 Å². The van der Waals surface area contributed by atoms with Crippen LogP contribution in [0.1, 0.15) is 29.8 Å². The van der Waals surface area contributed by atoms with Crippen LogP contribution in [0.15, 0.2) is 48.8 Å². The standard InChI is InChI=1S/C21H20F3N5O/c22-21(23,24)16-5-1-3-14(11-16)12-19(30)26-17-6-7-18-27-28-20(29(18)10-8-17)15-4-2-9-25-13-15/h1-5,9,11,13,17H,6-8,10,12H2,(H,26,30). The summed E-state index contributed by atoms with van der Waals surface area (Å²) < 4.78 is 40.6. The summed E-state index contributed by atoms with van der Waals surface area (Å²) in [5.74, 6) is 1.31. The highest BCUT2D eigenvalue weighted by Gasteiger charge is 2.30. The molecule has 1 N–H and O–H groups in total. The fraction of sp³-hybridized carbons (Fsp3) is 0.333. The number of carbonyl (C=O) groups is 1. The Morgan fingerprint density at radius 3 is 2.80 bits per heavy atom. The van der Waals surface area contributed by atoms with Gasteiger partial charge in [-0.3, -0.25) is 9.78 Å². The third kappa shape index (κ3) is 4.50. The molecule has 0 fully saturated rings. The van der Waals surface area contributed by atoms with Crippen molar-refractivity contribution in [3.8, 4) is 11.4 Å². The fourth-order valence-corrected chi connectivity index (χ4v) is 3.66. The molecule has 1 atom stereocenters. The van der Waals surface area contributed by atoms with E-state index in [0.717, 1.165) is 29.3 Å². The van der Waals surface area contributed by atoms with Crippen LogP contribution < -0.4 is 5.32 Å². The minimum absolute atomic E-state index is 0.0771. The molecule has 4 rings (SSSR count). The van der Waals surface area contributed by atoms with E-state index < -0.39 is 11.7 Å². The maximum absolute atomic E-state index is 12.9. The quantitative estimate of drug-likeness (QED) is 0.709. The van der Waals surface area contributed by atoms with Gasteiger partial charge in [-0.2, -0.15) is 13.2 Å². The van der Waals surface area contributed by atoms with Gasteiger partial charge in [-0.05, 0) is 36.6 Å².